The number of rotatable bonds is 8. The van der Waals surface area contributed by atoms with E-state index in [0.29, 0.717) is 17.9 Å². The van der Waals surface area contributed by atoms with Crippen LogP contribution in [0.15, 0.2) is 48.5 Å². The van der Waals surface area contributed by atoms with Gasteiger partial charge in [-0.3, -0.25) is 0 Å². The first-order chi connectivity index (χ1) is 14.4. The zero-order chi connectivity index (χ0) is 21.7. The molecule has 0 saturated carbocycles. The van der Waals surface area contributed by atoms with Crippen molar-refractivity contribution >= 4 is 5.97 Å². The lowest BCUT2D eigenvalue weighted by molar-refractivity contribution is -0.277. The van der Waals surface area contributed by atoms with Gasteiger partial charge in [0.1, 0.15) is 35.9 Å². The lowest BCUT2D eigenvalue weighted by Crippen LogP contribution is -2.60. The van der Waals surface area contributed by atoms with Gasteiger partial charge in [0.25, 0.3) is 0 Å². The van der Waals surface area contributed by atoms with E-state index in [1.54, 1.807) is 36.4 Å². The Labute approximate surface area is 172 Å². The molecular weight excluding hydrogens is 396 g/mol. The molecule has 9 nitrogen and oxygen atoms in total. The average molecular weight is 420 g/mol. The highest BCUT2D eigenvalue weighted by molar-refractivity contribution is 5.68. The molecule has 0 aromatic heterocycles. The van der Waals surface area contributed by atoms with Gasteiger partial charge < -0.3 is 39.7 Å². The minimum atomic E-state index is -1.52. The molecule has 30 heavy (non-hydrogen) atoms. The summed E-state index contributed by atoms with van der Waals surface area (Å²) in [7, 11) is 0. The van der Waals surface area contributed by atoms with Crippen molar-refractivity contribution in [2.24, 2.45) is 0 Å². The number of hydrogen-bond acceptors (Lipinski definition) is 8. The smallest absolute Gasteiger partial charge is 0.341 e. The second-order valence-corrected chi connectivity index (χ2v) is 6.93. The van der Waals surface area contributed by atoms with E-state index in [1.807, 2.05) is 12.1 Å². The molecule has 162 valence electrons. The predicted molar refractivity (Wildman–Crippen MR) is 103 cm³/mol. The Hall–Kier alpha value is -2.69. The van der Waals surface area contributed by atoms with Gasteiger partial charge >= 0.3 is 5.97 Å². The highest BCUT2D eigenvalue weighted by atomic mass is 16.7. The summed E-state index contributed by atoms with van der Waals surface area (Å²) in [5.41, 5.74) is 1.68. The second kappa shape index (κ2) is 9.88. The van der Waals surface area contributed by atoms with Crippen LogP contribution in [0.3, 0.4) is 0 Å². The highest BCUT2D eigenvalue weighted by Crippen LogP contribution is 2.28. The summed E-state index contributed by atoms with van der Waals surface area (Å²) in [5.74, 6) is -0.210. The lowest BCUT2D eigenvalue weighted by atomic mass is 9.99. The van der Waals surface area contributed by atoms with Crippen molar-refractivity contribution in [2.45, 2.75) is 37.1 Å². The molecule has 2 aromatic rings. The molecule has 9 heteroatoms. The van der Waals surface area contributed by atoms with Crippen LogP contribution in [0.1, 0.15) is 11.1 Å². The lowest BCUT2D eigenvalue weighted by Gasteiger charge is -2.39. The number of aliphatic hydroxyl groups is 4. The molecule has 0 amide bonds. The Morgan fingerprint density at radius 3 is 2.33 bits per heavy atom. The van der Waals surface area contributed by atoms with Crippen molar-refractivity contribution in [3.8, 4) is 11.5 Å². The summed E-state index contributed by atoms with van der Waals surface area (Å²) in [6, 6.07) is 14.0. The predicted octanol–water partition coefficient (Wildman–Crippen LogP) is -0.0805. The number of ether oxygens (including phenoxy) is 3. The Balaban J connectivity index is 1.71. The van der Waals surface area contributed by atoms with Gasteiger partial charge in [-0.15, -0.1) is 0 Å². The summed E-state index contributed by atoms with van der Waals surface area (Å²) in [5, 5.41) is 48.0. The van der Waals surface area contributed by atoms with Crippen LogP contribution in [-0.4, -0.2) is 75.4 Å². The SMILES string of the molecule is O=C(O)COc1ccc(Cc2ccccc2O[C@@H]2O[C@H](CO)[C@@H](O)[C@H](O)[C@H]2O)cc1. The highest BCUT2D eigenvalue weighted by Gasteiger charge is 2.44. The van der Waals surface area contributed by atoms with Crippen LogP contribution in [-0.2, 0) is 16.0 Å². The molecule has 2 aromatic carbocycles. The molecule has 1 aliphatic heterocycles. The van der Waals surface area contributed by atoms with Crippen molar-refractivity contribution in [3.05, 3.63) is 59.7 Å². The summed E-state index contributed by atoms with van der Waals surface area (Å²) in [6.07, 6.45) is -6.34. The van der Waals surface area contributed by atoms with Crippen molar-refractivity contribution in [2.75, 3.05) is 13.2 Å². The molecule has 1 aliphatic rings. The molecule has 0 aliphatic carbocycles. The second-order valence-electron chi connectivity index (χ2n) is 6.93. The maximum atomic E-state index is 10.6. The summed E-state index contributed by atoms with van der Waals surface area (Å²) in [6.45, 7) is -0.960. The molecule has 1 fully saturated rings. The number of carboxylic acid groups (broad SMARTS) is 1. The molecule has 1 heterocycles. The van der Waals surface area contributed by atoms with E-state index in [0.717, 1.165) is 11.1 Å². The van der Waals surface area contributed by atoms with Crippen LogP contribution in [0.2, 0.25) is 0 Å². The standard InChI is InChI=1S/C21H24O9/c22-10-16-18(25)19(26)20(27)21(30-16)29-15-4-2-1-3-13(15)9-12-5-7-14(8-6-12)28-11-17(23)24/h1-8,16,18-22,25-27H,9-11H2,(H,23,24)/t16-,18-,19+,20-,21-/m1/s1. The van der Waals surface area contributed by atoms with E-state index < -0.39 is 49.9 Å². The van der Waals surface area contributed by atoms with Crippen molar-refractivity contribution in [1.82, 2.24) is 0 Å². The third-order valence-electron chi connectivity index (χ3n) is 4.74. The van der Waals surface area contributed by atoms with Gasteiger partial charge in [-0.1, -0.05) is 30.3 Å². The Kier molecular flexibility index (Phi) is 7.24. The number of para-hydroxylation sites is 1. The first-order valence-electron chi connectivity index (χ1n) is 9.37. The fraction of sp³-hybridized carbons (Fsp3) is 0.381. The molecule has 0 radical (unpaired) electrons. The fourth-order valence-electron chi connectivity index (χ4n) is 3.12. The average Bonchev–Trinajstić information content (AvgIpc) is 2.75. The van der Waals surface area contributed by atoms with Crippen molar-refractivity contribution in [1.29, 1.82) is 0 Å². The van der Waals surface area contributed by atoms with Crippen LogP contribution in [0.4, 0.5) is 0 Å². The number of aliphatic hydroxyl groups excluding tert-OH is 4. The molecule has 5 N–H and O–H groups in total. The maximum absolute atomic E-state index is 10.6. The first kappa shape index (κ1) is 22.0. The van der Waals surface area contributed by atoms with Gasteiger partial charge in [-0.25, -0.2) is 4.79 Å². The number of aliphatic carboxylic acids is 1. The van der Waals surface area contributed by atoms with Crippen LogP contribution in [0.25, 0.3) is 0 Å². The Morgan fingerprint density at radius 1 is 0.967 bits per heavy atom. The van der Waals surface area contributed by atoms with Gasteiger partial charge in [0, 0.05) is 6.42 Å². The molecule has 1 saturated heterocycles. The minimum Gasteiger partial charge on any atom is -0.482 e. The number of hydrogen-bond donors (Lipinski definition) is 5. The molecule has 0 spiro atoms. The minimum absolute atomic E-state index is 0.410. The van der Waals surface area contributed by atoms with Gasteiger partial charge in [0.15, 0.2) is 6.61 Å². The van der Waals surface area contributed by atoms with Gasteiger partial charge in [-0.05, 0) is 29.3 Å². The monoisotopic (exact) mass is 420 g/mol. The molecule has 3 rings (SSSR count). The zero-order valence-corrected chi connectivity index (χ0v) is 16.0. The Bertz CT molecular complexity index is 837. The normalized spacial score (nSPS) is 26.2. The first-order valence-corrected chi connectivity index (χ1v) is 9.37. The van der Waals surface area contributed by atoms with Crippen molar-refractivity contribution in [3.63, 3.8) is 0 Å². The van der Waals surface area contributed by atoms with Crippen molar-refractivity contribution < 1.29 is 44.5 Å². The molecular formula is C21H24O9. The number of benzene rings is 2. The summed E-state index contributed by atoms with van der Waals surface area (Å²) in [4.78, 5) is 10.6. The molecule has 0 bridgehead atoms. The molecule has 5 atom stereocenters. The van der Waals surface area contributed by atoms with E-state index in [-0.39, 0.29) is 0 Å². The molecule has 0 unspecified atom stereocenters. The maximum Gasteiger partial charge on any atom is 0.341 e. The quantitative estimate of drug-likeness (QED) is 0.396. The van der Waals surface area contributed by atoms with E-state index in [9.17, 15) is 25.2 Å². The van der Waals surface area contributed by atoms with Gasteiger partial charge in [-0.2, -0.15) is 0 Å². The largest absolute Gasteiger partial charge is 0.482 e. The van der Waals surface area contributed by atoms with Gasteiger partial charge in [0.2, 0.25) is 6.29 Å². The van der Waals surface area contributed by atoms with Crippen LogP contribution in [0, 0.1) is 0 Å². The topological polar surface area (TPSA) is 146 Å². The van der Waals surface area contributed by atoms with E-state index >= 15 is 0 Å². The van der Waals surface area contributed by atoms with Crippen LogP contribution in [0.5, 0.6) is 11.5 Å². The third kappa shape index (κ3) is 5.26. The van der Waals surface area contributed by atoms with E-state index in [4.69, 9.17) is 19.3 Å². The fourth-order valence-corrected chi connectivity index (χ4v) is 3.12. The zero-order valence-electron chi connectivity index (χ0n) is 16.0. The number of carbonyl (C=O) groups is 1. The van der Waals surface area contributed by atoms with Crippen LogP contribution >= 0.6 is 0 Å². The summed E-state index contributed by atoms with van der Waals surface area (Å²) >= 11 is 0. The number of carboxylic acids is 1. The van der Waals surface area contributed by atoms with E-state index in [2.05, 4.69) is 0 Å². The summed E-state index contributed by atoms with van der Waals surface area (Å²) < 4.78 is 16.3. The third-order valence-corrected chi connectivity index (χ3v) is 4.74. The Morgan fingerprint density at radius 2 is 1.67 bits per heavy atom. The van der Waals surface area contributed by atoms with Gasteiger partial charge in [0.05, 0.1) is 6.61 Å². The van der Waals surface area contributed by atoms with Crippen LogP contribution < -0.4 is 9.47 Å². The van der Waals surface area contributed by atoms with E-state index in [1.165, 1.54) is 0 Å².